The molecule has 6 unspecified atom stereocenters. The van der Waals surface area contributed by atoms with Crippen molar-refractivity contribution in [2.75, 3.05) is 6.61 Å². The van der Waals surface area contributed by atoms with Gasteiger partial charge in [-0.25, -0.2) is 0 Å². The maximum Gasteiger partial charge on any atom is 0.0521 e. The van der Waals surface area contributed by atoms with Crippen LogP contribution in [-0.4, -0.2) is 19.8 Å². The molecule has 5 rings (SSSR count). The van der Waals surface area contributed by atoms with E-state index in [1.165, 1.54) is 6.42 Å². The molecule has 0 aromatic heterocycles. The molecule has 5 aliphatic rings. The normalized spacial score (nSPS) is 70.2. The molecule has 0 amide bonds. The van der Waals surface area contributed by atoms with Gasteiger partial charge in [0.25, 0.3) is 0 Å². The number of aliphatic hydroxyl groups is 1. The molecule has 5 saturated carbocycles. The van der Waals surface area contributed by atoms with Crippen LogP contribution in [0.15, 0.2) is 0 Å². The SMILES string of the molecule is C[Si](C)(C)C12C3CC4C(C31)C42CO. The van der Waals surface area contributed by atoms with Gasteiger partial charge in [0.2, 0.25) is 0 Å². The monoisotopic (exact) mass is 194 g/mol. The summed E-state index contributed by atoms with van der Waals surface area (Å²) in [6.07, 6.45) is 1.49. The van der Waals surface area contributed by atoms with Crippen LogP contribution in [0.4, 0.5) is 0 Å². The Morgan fingerprint density at radius 3 is 2.23 bits per heavy atom. The minimum Gasteiger partial charge on any atom is -0.396 e. The van der Waals surface area contributed by atoms with Crippen molar-refractivity contribution < 1.29 is 5.11 Å². The van der Waals surface area contributed by atoms with Gasteiger partial charge in [0.1, 0.15) is 0 Å². The van der Waals surface area contributed by atoms with Crippen molar-refractivity contribution in [2.45, 2.75) is 31.1 Å². The van der Waals surface area contributed by atoms with Crippen molar-refractivity contribution >= 4 is 8.07 Å². The summed E-state index contributed by atoms with van der Waals surface area (Å²) < 4.78 is 0. The Balaban J connectivity index is 1.87. The van der Waals surface area contributed by atoms with Gasteiger partial charge in [-0.1, -0.05) is 19.6 Å². The van der Waals surface area contributed by atoms with E-state index in [1.54, 1.807) is 0 Å². The first-order valence-electron chi connectivity index (χ1n) is 5.64. The van der Waals surface area contributed by atoms with Crippen LogP contribution in [0.25, 0.3) is 0 Å². The summed E-state index contributed by atoms with van der Waals surface area (Å²) in [4.78, 5) is 0. The molecule has 0 aliphatic heterocycles. The van der Waals surface area contributed by atoms with Crippen LogP contribution in [0, 0.1) is 29.1 Å². The Hall–Kier alpha value is 0.177. The number of rotatable bonds is 2. The second-order valence-corrected chi connectivity index (χ2v) is 12.1. The fraction of sp³-hybridized carbons (Fsp3) is 1.00. The van der Waals surface area contributed by atoms with Crippen molar-refractivity contribution in [3.8, 4) is 0 Å². The molecule has 2 bridgehead atoms. The molecule has 0 saturated heterocycles. The summed E-state index contributed by atoms with van der Waals surface area (Å²) >= 11 is 0. The van der Waals surface area contributed by atoms with E-state index in [9.17, 15) is 5.11 Å². The highest BCUT2D eigenvalue weighted by Gasteiger charge is 3.05. The highest BCUT2D eigenvalue weighted by molar-refractivity contribution is 6.81. The third-order valence-electron chi connectivity index (χ3n) is 6.18. The Morgan fingerprint density at radius 2 is 1.92 bits per heavy atom. The Labute approximate surface area is 80.5 Å². The van der Waals surface area contributed by atoms with Crippen LogP contribution in [0.3, 0.4) is 0 Å². The van der Waals surface area contributed by atoms with Crippen LogP contribution in [0.2, 0.25) is 24.7 Å². The van der Waals surface area contributed by atoms with Gasteiger partial charge >= 0.3 is 0 Å². The Morgan fingerprint density at radius 1 is 1.23 bits per heavy atom. The number of aliphatic hydroxyl groups excluding tert-OH is 1. The van der Waals surface area contributed by atoms with E-state index in [1.807, 2.05) is 0 Å². The zero-order valence-electron chi connectivity index (χ0n) is 8.67. The van der Waals surface area contributed by atoms with Crippen LogP contribution in [0.1, 0.15) is 6.42 Å². The molecular formula is C11H18OSi. The summed E-state index contributed by atoms with van der Waals surface area (Å²) in [5.74, 6) is 4.13. The molecule has 2 heteroatoms. The lowest BCUT2D eigenvalue weighted by atomic mass is 9.84. The molecule has 72 valence electrons. The minimum absolute atomic E-state index is 0.493. The lowest BCUT2D eigenvalue weighted by molar-refractivity contribution is 0.133. The van der Waals surface area contributed by atoms with Gasteiger partial charge in [-0.15, -0.1) is 0 Å². The van der Waals surface area contributed by atoms with Gasteiger partial charge in [0, 0.05) is 12.0 Å². The maximum absolute atomic E-state index is 9.63. The van der Waals surface area contributed by atoms with Crippen LogP contribution in [-0.2, 0) is 0 Å². The Kier molecular flexibility index (Phi) is 0.844. The fourth-order valence-corrected chi connectivity index (χ4v) is 10.9. The molecule has 1 nitrogen and oxygen atoms in total. The third-order valence-corrected chi connectivity index (χ3v) is 9.84. The van der Waals surface area contributed by atoms with E-state index in [2.05, 4.69) is 19.6 Å². The zero-order chi connectivity index (χ0) is 9.22. The molecule has 5 fully saturated rings. The first-order chi connectivity index (χ1) is 6.03. The quantitative estimate of drug-likeness (QED) is 0.666. The summed E-state index contributed by atoms with van der Waals surface area (Å²) in [6.45, 7) is 8.08. The molecule has 0 aromatic rings. The van der Waals surface area contributed by atoms with E-state index in [0.717, 1.165) is 28.7 Å². The highest BCUT2D eigenvalue weighted by atomic mass is 28.3. The molecule has 0 heterocycles. The van der Waals surface area contributed by atoms with Crippen LogP contribution in [0.5, 0.6) is 0 Å². The molecular weight excluding hydrogens is 176 g/mol. The average Bonchev–Trinajstić information content (AvgIpc) is 2.61. The van der Waals surface area contributed by atoms with Gasteiger partial charge in [0.15, 0.2) is 0 Å². The van der Waals surface area contributed by atoms with Gasteiger partial charge in [-0.2, -0.15) is 0 Å². The predicted octanol–water partition coefficient (Wildman–Crippen LogP) is 1.95. The summed E-state index contributed by atoms with van der Waals surface area (Å²) in [5.41, 5.74) is 0.493. The third kappa shape index (κ3) is 0.386. The first kappa shape index (κ1) is 7.47. The van der Waals surface area contributed by atoms with Gasteiger partial charge in [0.05, 0.1) is 8.07 Å². The second-order valence-electron chi connectivity index (χ2n) is 6.82. The van der Waals surface area contributed by atoms with Crippen LogP contribution >= 0.6 is 0 Å². The van der Waals surface area contributed by atoms with Crippen molar-refractivity contribution in [2.24, 2.45) is 29.1 Å². The topological polar surface area (TPSA) is 20.2 Å². The van der Waals surface area contributed by atoms with E-state index >= 15 is 0 Å². The number of hydrogen-bond donors (Lipinski definition) is 1. The smallest absolute Gasteiger partial charge is 0.0521 e. The second kappa shape index (κ2) is 1.47. The molecule has 0 aromatic carbocycles. The van der Waals surface area contributed by atoms with E-state index in [4.69, 9.17) is 0 Å². The van der Waals surface area contributed by atoms with E-state index in [0.29, 0.717) is 12.0 Å². The maximum atomic E-state index is 9.63. The molecule has 0 radical (unpaired) electrons. The summed E-state index contributed by atoms with van der Waals surface area (Å²) in [5, 5.41) is 10.4. The molecule has 1 N–H and O–H groups in total. The zero-order valence-corrected chi connectivity index (χ0v) is 9.67. The largest absolute Gasteiger partial charge is 0.396 e. The molecule has 6 atom stereocenters. The van der Waals surface area contributed by atoms with Crippen LogP contribution < -0.4 is 0 Å². The Bertz CT molecular complexity index is 309. The number of hydrogen-bond acceptors (Lipinski definition) is 1. The fourth-order valence-electron chi connectivity index (χ4n) is 6.36. The highest BCUT2D eigenvalue weighted by Crippen LogP contribution is 3.10. The molecule has 5 aliphatic carbocycles. The van der Waals surface area contributed by atoms with Gasteiger partial charge in [-0.05, 0) is 35.1 Å². The molecule has 13 heavy (non-hydrogen) atoms. The lowest BCUT2D eigenvalue weighted by Crippen LogP contribution is -2.45. The van der Waals surface area contributed by atoms with Gasteiger partial charge in [-0.3, -0.25) is 0 Å². The lowest BCUT2D eigenvalue weighted by Gasteiger charge is -2.44. The average molecular weight is 194 g/mol. The molecule has 0 spiro atoms. The summed E-state index contributed by atoms with van der Waals surface area (Å²) in [6, 6.07) is 0. The predicted molar refractivity (Wildman–Crippen MR) is 54.1 cm³/mol. The van der Waals surface area contributed by atoms with Crippen molar-refractivity contribution in [3.63, 3.8) is 0 Å². The van der Waals surface area contributed by atoms with Crippen molar-refractivity contribution in [1.82, 2.24) is 0 Å². The van der Waals surface area contributed by atoms with Gasteiger partial charge < -0.3 is 5.11 Å². The van der Waals surface area contributed by atoms with Crippen molar-refractivity contribution in [3.05, 3.63) is 0 Å². The minimum atomic E-state index is -1.02. The standard InChI is InChI=1S/C11H18OSi/c1-13(2,3)11-7-4-6-8(9(7)11)10(6,11)5-12/h6-9,12H,4-5H2,1-3H3. The summed E-state index contributed by atoms with van der Waals surface area (Å²) in [7, 11) is -1.02. The van der Waals surface area contributed by atoms with E-state index in [-0.39, 0.29) is 0 Å². The van der Waals surface area contributed by atoms with E-state index < -0.39 is 8.07 Å². The first-order valence-corrected chi connectivity index (χ1v) is 9.14. The van der Waals surface area contributed by atoms with Crippen molar-refractivity contribution in [1.29, 1.82) is 0 Å².